The third-order valence-corrected chi connectivity index (χ3v) is 11.7. The van der Waals surface area contributed by atoms with Crippen molar-refractivity contribution >= 4 is 39.0 Å². The molecule has 0 spiro atoms. The molecule has 1 aliphatic rings. The Morgan fingerprint density at radius 2 is 0.860 bits per heavy atom. The Balaban J connectivity index is 1.05. The highest BCUT2D eigenvalue weighted by molar-refractivity contribution is 6.07. The lowest BCUT2D eigenvalue weighted by atomic mass is 9.67. The van der Waals surface area contributed by atoms with Gasteiger partial charge in [0, 0.05) is 33.9 Å². The normalized spacial score (nSPS) is 12.7. The minimum Gasteiger partial charge on any atom is -0.456 e. The van der Waals surface area contributed by atoms with E-state index in [0.29, 0.717) is 0 Å². The first-order valence-corrected chi connectivity index (χ1v) is 19.6. The molecule has 2 heteroatoms. The lowest BCUT2D eigenvalue weighted by Crippen LogP contribution is -2.28. The van der Waals surface area contributed by atoms with Crippen LogP contribution in [0.5, 0.6) is 0 Å². The van der Waals surface area contributed by atoms with Crippen LogP contribution in [0.4, 0.5) is 17.1 Å². The molecule has 0 fully saturated rings. The van der Waals surface area contributed by atoms with Crippen LogP contribution >= 0.6 is 0 Å². The van der Waals surface area contributed by atoms with Gasteiger partial charge in [0.25, 0.3) is 0 Å². The number of nitrogens with zero attached hydrogens (tertiary/aromatic N) is 1. The fourth-order valence-electron chi connectivity index (χ4n) is 9.21. The van der Waals surface area contributed by atoms with Crippen LogP contribution < -0.4 is 4.90 Å². The molecule has 0 amide bonds. The van der Waals surface area contributed by atoms with Crippen LogP contribution in [0.25, 0.3) is 55.3 Å². The molecule has 10 aromatic rings. The van der Waals surface area contributed by atoms with Gasteiger partial charge in [0.1, 0.15) is 11.2 Å². The van der Waals surface area contributed by atoms with Gasteiger partial charge in [0.05, 0.1) is 5.41 Å². The largest absolute Gasteiger partial charge is 0.456 e. The maximum absolute atomic E-state index is 6.73. The lowest BCUT2D eigenvalue weighted by molar-refractivity contribution is 0.668. The molecular formula is C55H37NO. The predicted octanol–water partition coefficient (Wildman–Crippen LogP) is 14.8. The number of hydrogen-bond acceptors (Lipinski definition) is 2. The topological polar surface area (TPSA) is 16.4 Å². The van der Waals surface area contributed by atoms with E-state index in [1.165, 1.54) is 50.1 Å². The average Bonchev–Trinajstić information content (AvgIpc) is 3.81. The van der Waals surface area contributed by atoms with Crippen LogP contribution in [0.2, 0.25) is 0 Å². The summed E-state index contributed by atoms with van der Waals surface area (Å²) in [5.74, 6) is 0. The zero-order chi connectivity index (χ0) is 37.8. The highest BCUT2D eigenvalue weighted by Gasteiger charge is 2.46. The molecule has 0 N–H and O–H groups in total. The quantitative estimate of drug-likeness (QED) is 0.163. The maximum atomic E-state index is 6.73. The molecule has 9 aromatic carbocycles. The SMILES string of the molecule is c1ccc(-c2cccc(-c3cccc(N(c4ccccc4)c4ccc5c(c4)oc4ccc(C6(c7ccccc7)c7ccccc7-c7ccccc76)cc45)c3)c2)cc1. The first-order valence-electron chi connectivity index (χ1n) is 19.6. The van der Waals surface area contributed by atoms with Crippen molar-refractivity contribution in [2.75, 3.05) is 4.90 Å². The van der Waals surface area contributed by atoms with Crippen molar-refractivity contribution in [1.82, 2.24) is 0 Å². The van der Waals surface area contributed by atoms with Gasteiger partial charge in [0.15, 0.2) is 0 Å². The molecule has 57 heavy (non-hydrogen) atoms. The number of fused-ring (bicyclic) bond motifs is 6. The van der Waals surface area contributed by atoms with Crippen molar-refractivity contribution in [1.29, 1.82) is 0 Å². The Morgan fingerprint density at radius 1 is 0.316 bits per heavy atom. The van der Waals surface area contributed by atoms with Crippen LogP contribution in [0.3, 0.4) is 0 Å². The predicted molar refractivity (Wildman–Crippen MR) is 237 cm³/mol. The van der Waals surface area contributed by atoms with E-state index < -0.39 is 5.41 Å². The minimum absolute atomic E-state index is 0.470. The fraction of sp³-hybridized carbons (Fsp3) is 0.0182. The average molecular weight is 728 g/mol. The molecule has 2 nitrogen and oxygen atoms in total. The molecule has 0 saturated carbocycles. The number of anilines is 3. The Bertz CT molecular complexity index is 3030. The molecule has 11 rings (SSSR count). The summed E-state index contributed by atoms with van der Waals surface area (Å²) in [6.07, 6.45) is 0. The van der Waals surface area contributed by atoms with E-state index in [2.05, 4.69) is 229 Å². The summed E-state index contributed by atoms with van der Waals surface area (Å²) < 4.78 is 6.73. The van der Waals surface area contributed by atoms with Crippen LogP contribution in [0.1, 0.15) is 22.3 Å². The van der Waals surface area contributed by atoms with Crippen LogP contribution in [-0.4, -0.2) is 0 Å². The summed E-state index contributed by atoms with van der Waals surface area (Å²) in [4.78, 5) is 2.32. The Morgan fingerprint density at radius 3 is 1.58 bits per heavy atom. The summed E-state index contributed by atoms with van der Waals surface area (Å²) in [6.45, 7) is 0. The summed E-state index contributed by atoms with van der Waals surface area (Å²) in [5, 5.41) is 2.20. The smallest absolute Gasteiger partial charge is 0.137 e. The van der Waals surface area contributed by atoms with Gasteiger partial charge in [0.2, 0.25) is 0 Å². The Hall–Kier alpha value is -7.42. The summed E-state index contributed by atoms with van der Waals surface area (Å²) in [7, 11) is 0. The number of hydrogen-bond donors (Lipinski definition) is 0. The molecule has 1 aromatic heterocycles. The van der Waals surface area contributed by atoms with Crippen molar-refractivity contribution in [3.63, 3.8) is 0 Å². The van der Waals surface area contributed by atoms with E-state index in [9.17, 15) is 0 Å². The third kappa shape index (κ3) is 5.33. The minimum atomic E-state index is -0.470. The monoisotopic (exact) mass is 727 g/mol. The Labute approximate surface area is 332 Å². The van der Waals surface area contributed by atoms with Gasteiger partial charge in [-0.2, -0.15) is 0 Å². The highest BCUT2D eigenvalue weighted by atomic mass is 16.3. The first kappa shape index (κ1) is 33.0. The fourth-order valence-corrected chi connectivity index (χ4v) is 9.21. The standard InChI is InChI=1S/C55H37NO/c1-4-16-38(17-5-1)39-18-14-19-40(34-39)41-20-15-25-45(35-41)56(44-23-8-3-9-24-44)46-31-32-49-50-36-43(30-33-53(50)57-54(49)37-46)55(42-21-6-2-7-22-42)51-28-12-10-26-47(51)48-27-11-13-29-52(48)55/h1-37H. The van der Waals surface area contributed by atoms with E-state index in [1.54, 1.807) is 0 Å². The van der Waals surface area contributed by atoms with Gasteiger partial charge >= 0.3 is 0 Å². The van der Waals surface area contributed by atoms with Crippen LogP contribution in [-0.2, 0) is 5.41 Å². The van der Waals surface area contributed by atoms with Gasteiger partial charge in [-0.3, -0.25) is 0 Å². The second-order valence-electron chi connectivity index (χ2n) is 14.9. The zero-order valence-corrected chi connectivity index (χ0v) is 31.2. The molecule has 0 radical (unpaired) electrons. The van der Waals surface area contributed by atoms with Crippen molar-refractivity contribution in [2.24, 2.45) is 0 Å². The lowest BCUT2D eigenvalue weighted by Gasteiger charge is -2.33. The van der Waals surface area contributed by atoms with Gasteiger partial charge in [-0.15, -0.1) is 0 Å². The van der Waals surface area contributed by atoms with Gasteiger partial charge in [-0.25, -0.2) is 0 Å². The molecule has 0 bridgehead atoms. The van der Waals surface area contributed by atoms with E-state index in [1.807, 2.05) is 0 Å². The van der Waals surface area contributed by atoms with E-state index in [4.69, 9.17) is 4.42 Å². The van der Waals surface area contributed by atoms with Crippen LogP contribution in [0, 0.1) is 0 Å². The van der Waals surface area contributed by atoms with Crippen LogP contribution in [0.15, 0.2) is 229 Å². The zero-order valence-electron chi connectivity index (χ0n) is 31.2. The van der Waals surface area contributed by atoms with E-state index >= 15 is 0 Å². The van der Waals surface area contributed by atoms with Crippen molar-refractivity contribution in [2.45, 2.75) is 5.41 Å². The first-order chi connectivity index (χ1) is 28.3. The van der Waals surface area contributed by atoms with E-state index in [-0.39, 0.29) is 0 Å². The van der Waals surface area contributed by atoms with Crippen molar-refractivity contribution < 1.29 is 4.42 Å². The van der Waals surface area contributed by atoms with E-state index in [0.717, 1.165) is 44.6 Å². The molecule has 0 unspecified atom stereocenters. The Kier molecular flexibility index (Phi) is 7.75. The molecule has 1 aliphatic carbocycles. The number of benzene rings is 9. The molecular weight excluding hydrogens is 691 g/mol. The maximum Gasteiger partial charge on any atom is 0.137 e. The molecule has 0 aliphatic heterocycles. The molecule has 268 valence electrons. The number of rotatable bonds is 7. The second-order valence-corrected chi connectivity index (χ2v) is 14.9. The number of para-hydroxylation sites is 1. The molecule has 1 heterocycles. The molecule has 0 saturated heterocycles. The van der Waals surface area contributed by atoms with Gasteiger partial charge in [-0.1, -0.05) is 164 Å². The van der Waals surface area contributed by atoms with Crippen molar-refractivity contribution in [3.05, 3.63) is 247 Å². The van der Waals surface area contributed by atoms with Gasteiger partial charge < -0.3 is 9.32 Å². The molecule has 0 atom stereocenters. The highest BCUT2D eigenvalue weighted by Crippen LogP contribution is 2.56. The summed E-state index contributed by atoms with van der Waals surface area (Å²) >= 11 is 0. The third-order valence-electron chi connectivity index (χ3n) is 11.7. The number of furan rings is 1. The van der Waals surface area contributed by atoms with Crippen molar-refractivity contribution in [3.8, 4) is 33.4 Å². The second kappa shape index (κ2) is 13.4. The van der Waals surface area contributed by atoms with Gasteiger partial charge in [-0.05, 0) is 110 Å². The summed E-state index contributed by atoms with van der Waals surface area (Å²) in [6, 6.07) is 81.0. The summed E-state index contributed by atoms with van der Waals surface area (Å²) in [5.41, 5.74) is 16.8.